The molecule has 8 heteroatoms. The van der Waals surface area contributed by atoms with E-state index in [0.29, 0.717) is 28.5 Å². The minimum Gasteiger partial charge on any atom is -0.358 e. The van der Waals surface area contributed by atoms with E-state index < -0.39 is 0 Å². The van der Waals surface area contributed by atoms with Gasteiger partial charge in [0.1, 0.15) is 11.5 Å². The second kappa shape index (κ2) is 9.55. The Bertz CT molecular complexity index is 1800. The topological polar surface area (TPSA) is 95.2 Å². The minimum absolute atomic E-state index is 0.306. The van der Waals surface area contributed by atoms with Crippen molar-refractivity contribution in [2.45, 2.75) is 20.3 Å². The van der Waals surface area contributed by atoms with Crippen molar-refractivity contribution >= 4 is 27.6 Å². The van der Waals surface area contributed by atoms with Gasteiger partial charge in [0.15, 0.2) is 5.82 Å². The first-order valence-electron chi connectivity index (χ1n) is 12.4. The fourth-order valence-corrected chi connectivity index (χ4v) is 4.70. The van der Waals surface area contributed by atoms with Crippen LogP contribution in [0.4, 0.5) is 10.1 Å². The van der Waals surface area contributed by atoms with E-state index in [0.717, 1.165) is 50.9 Å². The van der Waals surface area contributed by atoms with Crippen molar-refractivity contribution < 1.29 is 4.39 Å². The monoisotopic (exact) mass is 503 g/mol. The molecule has 4 heterocycles. The molecule has 4 aromatic heterocycles. The molecule has 0 fully saturated rings. The van der Waals surface area contributed by atoms with Crippen LogP contribution in [0.1, 0.15) is 20.3 Å². The predicted molar refractivity (Wildman–Crippen MR) is 150 cm³/mol. The molecular weight excluding hydrogens is 477 g/mol. The van der Waals surface area contributed by atoms with Crippen molar-refractivity contribution in [3.8, 4) is 33.8 Å². The number of aromatic amines is 2. The molecule has 0 saturated carbocycles. The normalized spacial score (nSPS) is 11.5. The number of anilines is 1. The Morgan fingerprint density at radius 2 is 1.82 bits per heavy atom. The van der Waals surface area contributed by atoms with E-state index in [4.69, 9.17) is 4.98 Å². The average Bonchev–Trinajstić information content (AvgIpc) is 3.52. The Labute approximate surface area is 218 Å². The highest BCUT2D eigenvalue weighted by Crippen LogP contribution is 2.33. The van der Waals surface area contributed by atoms with Gasteiger partial charge in [-0.25, -0.2) is 9.37 Å². The zero-order valence-electron chi connectivity index (χ0n) is 21.1. The zero-order valence-corrected chi connectivity index (χ0v) is 21.1. The molecule has 0 aliphatic carbocycles. The van der Waals surface area contributed by atoms with E-state index in [1.54, 1.807) is 24.7 Å². The fourth-order valence-electron chi connectivity index (χ4n) is 4.70. The van der Waals surface area contributed by atoms with Crippen LogP contribution in [0.15, 0.2) is 85.6 Å². The van der Waals surface area contributed by atoms with Gasteiger partial charge in [0.25, 0.3) is 0 Å². The number of nitrogens with zero attached hydrogens (tertiary/aromatic N) is 4. The van der Waals surface area contributed by atoms with Crippen LogP contribution < -0.4 is 5.32 Å². The van der Waals surface area contributed by atoms with Crippen LogP contribution in [0.2, 0.25) is 0 Å². The van der Waals surface area contributed by atoms with Gasteiger partial charge in [-0.05, 0) is 53.8 Å². The van der Waals surface area contributed by atoms with Gasteiger partial charge in [-0.15, -0.1) is 0 Å². The first-order chi connectivity index (χ1) is 18.4. The van der Waals surface area contributed by atoms with Gasteiger partial charge in [-0.2, -0.15) is 5.10 Å². The van der Waals surface area contributed by atoms with Crippen LogP contribution in [-0.4, -0.2) is 30.1 Å². The quantitative estimate of drug-likeness (QED) is 0.212. The summed E-state index contributed by atoms with van der Waals surface area (Å²) in [4.78, 5) is 17.0. The van der Waals surface area contributed by atoms with Crippen molar-refractivity contribution in [1.82, 2.24) is 30.1 Å². The molecule has 0 unspecified atom stereocenters. The Kier molecular flexibility index (Phi) is 5.92. The number of benzene rings is 2. The lowest BCUT2D eigenvalue weighted by Crippen LogP contribution is -2.02. The molecule has 0 aliphatic rings. The third kappa shape index (κ3) is 4.52. The number of fused-ring (bicyclic) bond motifs is 2. The standard InChI is InChI=1S/C30H26FN7/c1-17(2)9-18(3)34-23-11-21(13-32-14-23)19-7-8-26-24(12-19)29(38-37-26)30-35-27-16-33-15-25(28(27)36-30)20-5-4-6-22(31)10-20/h4-8,10-17,34H,3,9H2,1-2H3,(H,35,36)(H,37,38). The molecule has 6 rings (SSSR count). The Morgan fingerprint density at radius 1 is 0.947 bits per heavy atom. The highest BCUT2D eigenvalue weighted by molar-refractivity contribution is 5.98. The summed E-state index contributed by atoms with van der Waals surface area (Å²) in [6, 6.07) is 14.6. The third-order valence-corrected chi connectivity index (χ3v) is 6.36. The molecule has 0 amide bonds. The molecule has 0 bridgehead atoms. The van der Waals surface area contributed by atoms with Crippen molar-refractivity contribution in [1.29, 1.82) is 0 Å². The lowest BCUT2D eigenvalue weighted by molar-refractivity contribution is 0.628. The summed E-state index contributed by atoms with van der Waals surface area (Å²) >= 11 is 0. The summed E-state index contributed by atoms with van der Waals surface area (Å²) in [6.45, 7) is 8.47. The summed E-state index contributed by atoms with van der Waals surface area (Å²) in [5.41, 5.74) is 8.34. The highest BCUT2D eigenvalue weighted by Gasteiger charge is 2.16. The van der Waals surface area contributed by atoms with E-state index in [9.17, 15) is 4.39 Å². The second-order valence-electron chi connectivity index (χ2n) is 9.80. The van der Waals surface area contributed by atoms with Gasteiger partial charge in [-0.1, -0.05) is 38.6 Å². The summed E-state index contributed by atoms with van der Waals surface area (Å²) in [5.74, 6) is 0.818. The molecule has 2 aromatic carbocycles. The van der Waals surface area contributed by atoms with Gasteiger partial charge in [0.2, 0.25) is 0 Å². The Balaban J connectivity index is 1.38. The van der Waals surface area contributed by atoms with Crippen LogP contribution in [0, 0.1) is 11.7 Å². The molecule has 38 heavy (non-hydrogen) atoms. The van der Waals surface area contributed by atoms with Gasteiger partial charge in [0.05, 0.1) is 34.6 Å². The molecule has 7 nitrogen and oxygen atoms in total. The number of H-pyrrole nitrogens is 2. The molecule has 0 aliphatic heterocycles. The third-order valence-electron chi connectivity index (χ3n) is 6.36. The van der Waals surface area contributed by atoms with Crippen molar-refractivity contribution in [3.63, 3.8) is 0 Å². The van der Waals surface area contributed by atoms with Gasteiger partial charge in [-0.3, -0.25) is 15.1 Å². The number of imidazole rings is 1. The van der Waals surface area contributed by atoms with Crippen LogP contribution in [0.5, 0.6) is 0 Å². The maximum atomic E-state index is 13.9. The second-order valence-corrected chi connectivity index (χ2v) is 9.80. The molecular formula is C30H26FN7. The van der Waals surface area contributed by atoms with E-state index in [2.05, 4.69) is 63.0 Å². The minimum atomic E-state index is -0.306. The number of aromatic nitrogens is 6. The lowest BCUT2D eigenvalue weighted by atomic mass is 10.0. The summed E-state index contributed by atoms with van der Waals surface area (Å²) in [7, 11) is 0. The number of pyridine rings is 2. The highest BCUT2D eigenvalue weighted by atomic mass is 19.1. The SMILES string of the molecule is C=C(CC(C)C)Nc1cncc(-c2ccc3[nH]nc(-c4nc5c(-c6cccc(F)c6)cncc5[nH]4)c3c2)c1. The molecule has 0 saturated heterocycles. The van der Waals surface area contributed by atoms with Gasteiger partial charge < -0.3 is 10.3 Å². The van der Waals surface area contributed by atoms with Crippen molar-refractivity contribution in [2.75, 3.05) is 5.32 Å². The average molecular weight is 504 g/mol. The zero-order chi connectivity index (χ0) is 26.2. The van der Waals surface area contributed by atoms with Crippen molar-refractivity contribution in [2.24, 2.45) is 5.92 Å². The summed E-state index contributed by atoms with van der Waals surface area (Å²) in [6.07, 6.45) is 7.95. The molecule has 0 radical (unpaired) electrons. The molecule has 0 spiro atoms. The Hall–Kier alpha value is -4.85. The molecule has 0 atom stereocenters. The van der Waals surface area contributed by atoms with Crippen LogP contribution in [-0.2, 0) is 0 Å². The summed E-state index contributed by atoms with van der Waals surface area (Å²) in [5, 5.41) is 12.0. The maximum Gasteiger partial charge on any atom is 0.159 e. The van der Waals surface area contributed by atoms with E-state index >= 15 is 0 Å². The van der Waals surface area contributed by atoms with Gasteiger partial charge >= 0.3 is 0 Å². The van der Waals surface area contributed by atoms with E-state index in [1.165, 1.54) is 12.1 Å². The molecule has 188 valence electrons. The number of halogens is 1. The van der Waals surface area contributed by atoms with Crippen LogP contribution in [0.3, 0.4) is 0 Å². The van der Waals surface area contributed by atoms with Crippen molar-refractivity contribution in [3.05, 3.63) is 91.4 Å². The van der Waals surface area contributed by atoms with E-state index in [1.807, 2.05) is 24.4 Å². The number of allylic oxidation sites excluding steroid dienone is 1. The van der Waals surface area contributed by atoms with Crippen LogP contribution >= 0.6 is 0 Å². The van der Waals surface area contributed by atoms with Gasteiger partial charge in [0, 0.05) is 34.6 Å². The maximum absolute atomic E-state index is 13.9. The summed E-state index contributed by atoms with van der Waals surface area (Å²) < 4.78 is 13.9. The lowest BCUT2D eigenvalue weighted by Gasteiger charge is -2.12. The number of hydrogen-bond donors (Lipinski definition) is 3. The number of hydrogen-bond acceptors (Lipinski definition) is 5. The largest absolute Gasteiger partial charge is 0.358 e. The first-order valence-corrected chi connectivity index (χ1v) is 12.4. The fraction of sp³-hybridized carbons (Fsp3) is 0.133. The van der Waals surface area contributed by atoms with Crippen LogP contribution in [0.25, 0.3) is 55.7 Å². The predicted octanol–water partition coefficient (Wildman–Crippen LogP) is 7.34. The Morgan fingerprint density at radius 3 is 2.66 bits per heavy atom. The molecule has 6 aromatic rings. The van der Waals surface area contributed by atoms with E-state index in [-0.39, 0.29) is 5.82 Å². The number of nitrogens with one attached hydrogen (secondary N) is 3. The number of rotatable bonds is 7. The molecule has 3 N–H and O–H groups in total. The first kappa shape index (κ1) is 23.5. The smallest absolute Gasteiger partial charge is 0.159 e.